The summed E-state index contributed by atoms with van der Waals surface area (Å²) < 4.78 is 0. The molecule has 82 valence electrons. The number of rotatable bonds is 4. The molecule has 0 spiro atoms. The highest BCUT2D eigenvalue weighted by molar-refractivity contribution is 5.79. The fourth-order valence-electron chi connectivity index (χ4n) is 2.04. The van der Waals surface area contributed by atoms with Crippen LogP contribution in [0.5, 0.6) is 0 Å². The first-order valence-electron chi connectivity index (χ1n) is 5.59. The number of nitrogens with one attached hydrogen (secondary N) is 1. The van der Waals surface area contributed by atoms with Crippen LogP contribution in [0.4, 0.5) is 0 Å². The van der Waals surface area contributed by atoms with Crippen molar-refractivity contribution in [2.75, 3.05) is 19.6 Å². The zero-order valence-corrected chi connectivity index (χ0v) is 9.60. The van der Waals surface area contributed by atoms with E-state index < -0.39 is 0 Å². The van der Waals surface area contributed by atoms with E-state index in [1.165, 1.54) is 0 Å². The Morgan fingerprint density at radius 1 is 1.50 bits per heavy atom. The largest absolute Gasteiger partial charge is 0.336 e. The van der Waals surface area contributed by atoms with Crippen LogP contribution in [-0.4, -0.2) is 36.0 Å². The number of hydrogen-bond donors (Lipinski definition) is 1. The van der Waals surface area contributed by atoms with Crippen LogP contribution in [0.2, 0.25) is 0 Å². The lowest BCUT2D eigenvalue weighted by Gasteiger charge is -2.31. The molecule has 1 heterocycles. The number of likely N-dealkylation sites (tertiary alicyclic amines) is 1. The molecule has 1 rings (SSSR count). The summed E-state index contributed by atoms with van der Waals surface area (Å²) >= 11 is 0. The van der Waals surface area contributed by atoms with Crippen molar-refractivity contribution in [2.45, 2.75) is 45.6 Å². The van der Waals surface area contributed by atoms with Gasteiger partial charge in [0.2, 0.25) is 5.91 Å². The Hall–Kier alpha value is -0.570. The van der Waals surface area contributed by atoms with Gasteiger partial charge in [-0.1, -0.05) is 6.92 Å². The van der Waals surface area contributed by atoms with Crippen LogP contribution in [0, 0.1) is 0 Å². The summed E-state index contributed by atoms with van der Waals surface area (Å²) in [7, 11) is 0. The van der Waals surface area contributed by atoms with Gasteiger partial charge >= 0.3 is 0 Å². The summed E-state index contributed by atoms with van der Waals surface area (Å²) in [4.78, 5) is 13.8. The van der Waals surface area contributed by atoms with E-state index in [1.54, 1.807) is 0 Å². The van der Waals surface area contributed by atoms with Crippen LogP contribution in [0.3, 0.4) is 0 Å². The van der Waals surface area contributed by atoms with E-state index in [9.17, 15) is 4.79 Å². The SMILES string of the molecule is CCCNCC(=O)N1CCCC1(C)C. The quantitative estimate of drug-likeness (QED) is 0.692. The first-order valence-corrected chi connectivity index (χ1v) is 5.59. The first kappa shape index (κ1) is 11.5. The van der Waals surface area contributed by atoms with Gasteiger partial charge in [-0.2, -0.15) is 0 Å². The second kappa shape index (κ2) is 4.78. The molecule has 3 nitrogen and oxygen atoms in total. The van der Waals surface area contributed by atoms with Gasteiger partial charge in [0.15, 0.2) is 0 Å². The van der Waals surface area contributed by atoms with Crippen molar-refractivity contribution < 1.29 is 4.79 Å². The fourth-order valence-corrected chi connectivity index (χ4v) is 2.04. The molecule has 1 aliphatic rings. The van der Waals surface area contributed by atoms with Gasteiger partial charge in [-0.25, -0.2) is 0 Å². The van der Waals surface area contributed by atoms with Gasteiger partial charge in [0, 0.05) is 12.1 Å². The van der Waals surface area contributed by atoms with E-state index in [4.69, 9.17) is 0 Å². The maximum atomic E-state index is 11.8. The van der Waals surface area contributed by atoms with Crippen LogP contribution >= 0.6 is 0 Å². The zero-order chi connectivity index (χ0) is 10.6. The van der Waals surface area contributed by atoms with Crippen LogP contribution in [0.1, 0.15) is 40.0 Å². The molecule has 0 radical (unpaired) electrons. The summed E-state index contributed by atoms with van der Waals surface area (Å²) in [6.45, 7) is 8.77. The molecule has 0 saturated carbocycles. The molecule has 0 aromatic heterocycles. The van der Waals surface area contributed by atoms with Crippen molar-refractivity contribution in [3.8, 4) is 0 Å². The van der Waals surface area contributed by atoms with Gasteiger partial charge in [0.25, 0.3) is 0 Å². The summed E-state index contributed by atoms with van der Waals surface area (Å²) in [5.41, 5.74) is 0.0744. The van der Waals surface area contributed by atoms with E-state index in [1.807, 2.05) is 4.90 Å². The second-order valence-electron chi connectivity index (χ2n) is 4.64. The minimum absolute atomic E-state index is 0.0744. The monoisotopic (exact) mass is 198 g/mol. The molecule has 3 heteroatoms. The molecule has 0 unspecified atom stereocenters. The third-order valence-corrected chi connectivity index (χ3v) is 2.91. The van der Waals surface area contributed by atoms with Crippen molar-refractivity contribution >= 4 is 5.91 Å². The number of nitrogens with zero attached hydrogens (tertiary/aromatic N) is 1. The van der Waals surface area contributed by atoms with Gasteiger partial charge in [0.05, 0.1) is 6.54 Å². The molecule has 1 saturated heterocycles. The predicted molar refractivity (Wildman–Crippen MR) is 58.2 cm³/mol. The number of amides is 1. The Labute approximate surface area is 86.9 Å². The highest BCUT2D eigenvalue weighted by Crippen LogP contribution is 2.27. The minimum Gasteiger partial charge on any atom is -0.336 e. The van der Waals surface area contributed by atoms with Crippen molar-refractivity contribution in [1.29, 1.82) is 0 Å². The third-order valence-electron chi connectivity index (χ3n) is 2.91. The molecule has 1 aliphatic heterocycles. The number of hydrogen-bond acceptors (Lipinski definition) is 2. The van der Waals surface area contributed by atoms with Gasteiger partial charge in [-0.05, 0) is 39.7 Å². The maximum absolute atomic E-state index is 11.8. The summed E-state index contributed by atoms with van der Waals surface area (Å²) in [5, 5.41) is 3.16. The normalized spacial score (nSPS) is 20.1. The average molecular weight is 198 g/mol. The summed E-state index contributed by atoms with van der Waals surface area (Å²) in [5.74, 6) is 0.251. The number of carbonyl (C=O) groups excluding carboxylic acids is 1. The lowest BCUT2D eigenvalue weighted by Crippen LogP contribution is -2.46. The zero-order valence-electron chi connectivity index (χ0n) is 9.60. The molecular weight excluding hydrogens is 176 g/mol. The molecule has 0 aliphatic carbocycles. The summed E-state index contributed by atoms with van der Waals surface area (Å²) in [6.07, 6.45) is 3.36. The lowest BCUT2D eigenvalue weighted by molar-refractivity contribution is -0.133. The highest BCUT2D eigenvalue weighted by atomic mass is 16.2. The van der Waals surface area contributed by atoms with Crippen molar-refractivity contribution in [3.63, 3.8) is 0 Å². The minimum atomic E-state index is 0.0744. The topological polar surface area (TPSA) is 32.3 Å². The molecule has 1 N–H and O–H groups in total. The lowest BCUT2D eigenvalue weighted by atomic mass is 10.0. The van der Waals surface area contributed by atoms with Gasteiger partial charge in [-0.3, -0.25) is 4.79 Å². The highest BCUT2D eigenvalue weighted by Gasteiger charge is 2.34. The van der Waals surface area contributed by atoms with E-state index in [2.05, 4.69) is 26.1 Å². The molecule has 0 bridgehead atoms. The van der Waals surface area contributed by atoms with Crippen LogP contribution in [-0.2, 0) is 4.79 Å². The van der Waals surface area contributed by atoms with E-state index in [0.29, 0.717) is 6.54 Å². The van der Waals surface area contributed by atoms with Crippen molar-refractivity contribution in [1.82, 2.24) is 10.2 Å². The Balaban J connectivity index is 2.36. The maximum Gasteiger partial charge on any atom is 0.236 e. The first-order chi connectivity index (χ1) is 6.58. The van der Waals surface area contributed by atoms with E-state index in [-0.39, 0.29) is 11.4 Å². The van der Waals surface area contributed by atoms with Crippen molar-refractivity contribution in [2.24, 2.45) is 0 Å². The molecule has 0 atom stereocenters. The second-order valence-corrected chi connectivity index (χ2v) is 4.64. The average Bonchev–Trinajstić information content (AvgIpc) is 2.45. The van der Waals surface area contributed by atoms with Crippen LogP contribution in [0.15, 0.2) is 0 Å². The van der Waals surface area contributed by atoms with Gasteiger partial charge in [-0.15, -0.1) is 0 Å². The van der Waals surface area contributed by atoms with E-state index in [0.717, 1.165) is 32.4 Å². The van der Waals surface area contributed by atoms with Crippen LogP contribution < -0.4 is 5.32 Å². The summed E-state index contributed by atoms with van der Waals surface area (Å²) in [6, 6.07) is 0. The van der Waals surface area contributed by atoms with Gasteiger partial charge in [0.1, 0.15) is 0 Å². The Morgan fingerprint density at radius 3 is 2.71 bits per heavy atom. The Morgan fingerprint density at radius 2 is 2.21 bits per heavy atom. The number of carbonyl (C=O) groups is 1. The van der Waals surface area contributed by atoms with Gasteiger partial charge < -0.3 is 10.2 Å². The van der Waals surface area contributed by atoms with Crippen molar-refractivity contribution in [3.05, 3.63) is 0 Å². The molecule has 0 aromatic rings. The Bertz CT molecular complexity index is 201. The molecule has 0 aromatic carbocycles. The molecule has 14 heavy (non-hydrogen) atoms. The molecule has 1 fully saturated rings. The fraction of sp³-hybridized carbons (Fsp3) is 0.909. The Kier molecular flexibility index (Phi) is 3.93. The van der Waals surface area contributed by atoms with E-state index >= 15 is 0 Å². The standard InChI is InChI=1S/C11H22N2O/c1-4-7-12-9-10(14)13-8-5-6-11(13,2)3/h12H,4-9H2,1-3H3. The molecule has 1 amide bonds. The third kappa shape index (κ3) is 2.71. The molecular formula is C11H22N2O. The van der Waals surface area contributed by atoms with Crippen LogP contribution in [0.25, 0.3) is 0 Å². The smallest absolute Gasteiger partial charge is 0.236 e. The predicted octanol–water partition coefficient (Wildman–Crippen LogP) is 1.39.